The van der Waals surface area contributed by atoms with Gasteiger partial charge in [-0.2, -0.15) is 0 Å². The lowest BCUT2D eigenvalue weighted by molar-refractivity contribution is -0.143. The molecule has 1 rings (SSSR count). The van der Waals surface area contributed by atoms with Crippen LogP contribution in [-0.4, -0.2) is 33.8 Å². The van der Waals surface area contributed by atoms with Gasteiger partial charge >= 0.3 is 5.97 Å². The SMILES string of the molecule is CCOC(=O)CCC(C)(C)CC(C)(CC)CN(c1ccc(Br)cc1)S(C)(=O)=O. The van der Waals surface area contributed by atoms with Crippen LogP contribution in [0.5, 0.6) is 0 Å². The van der Waals surface area contributed by atoms with Crippen molar-refractivity contribution in [3.8, 4) is 0 Å². The molecule has 0 aliphatic carbocycles. The van der Waals surface area contributed by atoms with E-state index in [1.165, 1.54) is 10.6 Å². The molecule has 0 bridgehead atoms. The number of sulfonamides is 1. The van der Waals surface area contributed by atoms with Crippen LogP contribution in [-0.2, 0) is 19.6 Å². The number of nitrogens with zero attached hydrogens (tertiary/aromatic N) is 1. The summed E-state index contributed by atoms with van der Waals surface area (Å²) in [5.41, 5.74) is 0.323. The average molecular weight is 476 g/mol. The summed E-state index contributed by atoms with van der Waals surface area (Å²) in [7, 11) is -3.42. The van der Waals surface area contributed by atoms with Crippen LogP contribution in [0.25, 0.3) is 0 Å². The van der Waals surface area contributed by atoms with E-state index in [1.54, 1.807) is 6.92 Å². The molecule has 0 spiro atoms. The lowest BCUT2D eigenvalue weighted by Gasteiger charge is -2.40. The van der Waals surface area contributed by atoms with Crippen molar-refractivity contribution < 1.29 is 17.9 Å². The van der Waals surface area contributed by atoms with Gasteiger partial charge in [-0.3, -0.25) is 9.10 Å². The number of hydrogen-bond acceptors (Lipinski definition) is 4. The maximum Gasteiger partial charge on any atom is 0.305 e. The third kappa shape index (κ3) is 8.11. The van der Waals surface area contributed by atoms with E-state index in [2.05, 4.69) is 43.6 Å². The van der Waals surface area contributed by atoms with E-state index in [4.69, 9.17) is 4.74 Å². The van der Waals surface area contributed by atoms with Crippen LogP contribution in [0, 0.1) is 10.8 Å². The zero-order chi connectivity index (χ0) is 21.6. The number of halogens is 1. The molecule has 0 aliphatic rings. The maximum absolute atomic E-state index is 12.5. The fourth-order valence-electron chi connectivity index (χ4n) is 3.56. The topological polar surface area (TPSA) is 63.7 Å². The first-order chi connectivity index (χ1) is 12.8. The van der Waals surface area contributed by atoms with Crippen LogP contribution in [0.4, 0.5) is 5.69 Å². The van der Waals surface area contributed by atoms with Crippen molar-refractivity contribution in [3.63, 3.8) is 0 Å². The Morgan fingerprint density at radius 3 is 2.18 bits per heavy atom. The highest BCUT2D eigenvalue weighted by molar-refractivity contribution is 9.10. The number of carbonyl (C=O) groups is 1. The summed E-state index contributed by atoms with van der Waals surface area (Å²) in [6.45, 7) is 11.1. The Labute approximate surface area is 179 Å². The number of hydrogen-bond donors (Lipinski definition) is 0. The fourth-order valence-corrected chi connectivity index (χ4v) is 4.88. The number of benzene rings is 1. The van der Waals surface area contributed by atoms with Crippen molar-refractivity contribution in [2.75, 3.05) is 23.7 Å². The van der Waals surface area contributed by atoms with Crippen molar-refractivity contribution in [2.24, 2.45) is 10.8 Å². The summed E-state index contributed by atoms with van der Waals surface area (Å²) < 4.78 is 32.5. The summed E-state index contributed by atoms with van der Waals surface area (Å²) >= 11 is 3.39. The van der Waals surface area contributed by atoms with Crippen LogP contribution in [0.2, 0.25) is 0 Å². The Balaban J connectivity index is 3.00. The maximum atomic E-state index is 12.5. The van der Waals surface area contributed by atoms with Gasteiger partial charge < -0.3 is 4.74 Å². The molecule has 1 aromatic carbocycles. The van der Waals surface area contributed by atoms with Gasteiger partial charge in [0.2, 0.25) is 10.0 Å². The number of carbonyl (C=O) groups excluding carboxylic acids is 1. The van der Waals surface area contributed by atoms with Gasteiger partial charge in [0.15, 0.2) is 0 Å². The van der Waals surface area contributed by atoms with E-state index in [0.29, 0.717) is 31.7 Å². The summed E-state index contributed by atoms with van der Waals surface area (Å²) in [5.74, 6) is -0.179. The Bertz CT molecular complexity index is 746. The van der Waals surface area contributed by atoms with Crippen molar-refractivity contribution in [3.05, 3.63) is 28.7 Å². The minimum absolute atomic E-state index is 0.111. The van der Waals surface area contributed by atoms with Gasteiger partial charge in [-0.05, 0) is 61.3 Å². The van der Waals surface area contributed by atoms with Crippen LogP contribution in [0.1, 0.15) is 60.3 Å². The van der Waals surface area contributed by atoms with Crippen LogP contribution < -0.4 is 4.31 Å². The highest BCUT2D eigenvalue weighted by Gasteiger charge is 2.35. The van der Waals surface area contributed by atoms with Gasteiger partial charge in [0.25, 0.3) is 0 Å². The normalized spacial score (nSPS) is 14.4. The predicted octanol–water partition coefficient (Wildman–Crippen LogP) is 5.39. The Morgan fingerprint density at radius 1 is 1.14 bits per heavy atom. The third-order valence-corrected chi connectivity index (χ3v) is 6.78. The van der Waals surface area contributed by atoms with Crippen molar-refractivity contribution in [1.29, 1.82) is 0 Å². The molecule has 0 aromatic heterocycles. The van der Waals surface area contributed by atoms with Crippen molar-refractivity contribution in [2.45, 2.75) is 60.3 Å². The van der Waals surface area contributed by atoms with E-state index in [-0.39, 0.29) is 16.8 Å². The first kappa shape index (κ1) is 25.0. The smallest absolute Gasteiger partial charge is 0.305 e. The average Bonchev–Trinajstić information content (AvgIpc) is 2.58. The predicted molar refractivity (Wildman–Crippen MR) is 119 cm³/mol. The molecule has 0 fully saturated rings. The Morgan fingerprint density at radius 2 is 1.71 bits per heavy atom. The highest BCUT2D eigenvalue weighted by atomic mass is 79.9. The van der Waals surface area contributed by atoms with Gasteiger partial charge in [0.05, 0.1) is 18.6 Å². The number of esters is 1. The molecule has 1 atom stereocenters. The van der Waals surface area contributed by atoms with Crippen molar-refractivity contribution in [1.82, 2.24) is 0 Å². The second kappa shape index (κ2) is 10.1. The second-order valence-electron chi connectivity index (χ2n) is 8.56. The van der Waals surface area contributed by atoms with E-state index >= 15 is 0 Å². The molecule has 1 aromatic rings. The van der Waals surface area contributed by atoms with Gasteiger partial charge in [0.1, 0.15) is 0 Å². The third-order valence-electron chi connectivity index (χ3n) is 5.11. The van der Waals surface area contributed by atoms with E-state index < -0.39 is 10.0 Å². The molecular weight excluding hydrogens is 442 g/mol. The van der Waals surface area contributed by atoms with Crippen molar-refractivity contribution >= 4 is 37.6 Å². The van der Waals surface area contributed by atoms with E-state index in [0.717, 1.165) is 17.3 Å². The van der Waals surface area contributed by atoms with E-state index in [1.807, 2.05) is 24.3 Å². The molecule has 28 heavy (non-hydrogen) atoms. The fraction of sp³-hybridized carbons (Fsp3) is 0.667. The quantitative estimate of drug-likeness (QED) is 0.402. The van der Waals surface area contributed by atoms with Crippen LogP contribution in [0.3, 0.4) is 0 Å². The molecule has 0 heterocycles. The monoisotopic (exact) mass is 475 g/mol. The molecule has 0 saturated heterocycles. The van der Waals surface area contributed by atoms with Crippen LogP contribution in [0.15, 0.2) is 28.7 Å². The number of rotatable bonds is 11. The zero-order valence-electron chi connectivity index (χ0n) is 17.9. The molecule has 160 valence electrons. The zero-order valence-corrected chi connectivity index (χ0v) is 20.3. The first-order valence-electron chi connectivity index (χ1n) is 9.71. The van der Waals surface area contributed by atoms with Crippen LogP contribution >= 0.6 is 15.9 Å². The van der Waals surface area contributed by atoms with Gasteiger partial charge in [-0.15, -0.1) is 0 Å². The Hall–Kier alpha value is -1.08. The standard InChI is InChI=1S/C21H34BrNO4S/c1-7-21(5,15-20(3,4)14-13-19(24)27-8-2)16-23(28(6,25)26)18-11-9-17(22)10-12-18/h9-12H,7-8,13-16H2,1-6H3. The highest BCUT2D eigenvalue weighted by Crippen LogP contribution is 2.41. The molecule has 5 nitrogen and oxygen atoms in total. The minimum Gasteiger partial charge on any atom is -0.466 e. The van der Waals surface area contributed by atoms with E-state index in [9.17, 15) is 13.2 Å². The molecule has 0 N–H and O–H groups in total. The molecule has 0 saturated carbocycles. The van der Waals surface area contributed by atoms with Gasteiger partial charge in [-0.1, -0.05) is 43.6 Å². The summed E-state index contributed by atoms with van der Waals surface area (Å²) in [5, 5.41) is 0. The first-order valence-corrected chi connectivity index (χ1v) is 12.3. The molecule has 0 amide bonds. The lowest BCUT2D eigenvalue weighted by atomic mass is 9.70. The Kier molecular flexibility index (Phi) is 9.00. The van der Waals surface area contributed by atoms with Gasteiger partial charge in [0, 0.05) is 17.4 Å². The molecule has 0 radical (unpaired) electrons. The number of ether oxygens (including phenoxy) is 1. The molecule has 7 heteroatoms. The summed E-state index contributed by atoms with van der Waals surface area (Å²) in [6.07, 6.45) is 3.97. The molecular formula is C21H34BrNO4S. The lowest BCUT2D eigenvalue weighted by Crippen LogP contribution is -2.41. The molecule has 1 unspecified atom stereocenters. The summed E-state index contributed by atoms with van der Waals surface area (Å²) in [6, 6.07) is 7.32. The second-order valence-corrected chi connectivity index (χ2v) is 11.4. The summed E-state index contributed by atoms with van der Waals surface area (Å²) in [4.78, 5) is 11.7. The minimum atomic E-state index is -3.42. The van der Waals surface area contributed by atoms with Gasteiger partial charge in [-0.25, -0.2) is 8.42 Å². The molecule has 0 aliphatic heterocycles. The largest absolute Gasteiger partial charge is 0.466 e. The number of anilines is 1.